The molecular weight excluding hydrogens is 472 g/mol. The highest BCUT2D eigenvalue weighted by Gasteiger charge is 2.36. The van der Waals surface area contributed by atoms with E-state index in [1.807, 2.05) is 25.7 Å². The summed E-state index contributed by atoms with van der Waals surface area (Å²) in [5, 5.41) is 2.80. The summed E-state index contributed by atoms with van der Waals surface area (Å²) in [6, 6.07) is 0.703. The molecule has 12 heteroatoms. The highest BCUT2D eigenvalue weighted by molar-refractivity contribution is 6.32. The molecule has 1 atom stereocenters. The van der Waals surface area contributed by atoms with Gasteiger partial charge in [0.2, 0.25) is 0 Å². The fourth-order valence-corrected chi connectivity index (χ4v) is 4.92. The summed E-state index contributed by atoms with van der Waals surface area (Å²) >= 11 is 6.44. The molecule has 196 valence electrons. The highest BCUT2D eigenvalue weighted by Crippen LogP contribution is 2.30. The van der Waals surface area contributed by atoms with E-state index >= 15 is 0 Å². The Bertz CT molecular complexity index is 901. The van der Waals surface area contributed by atoms with Gasteiger partial charge in [-0.25, -0.2) is 14.8 Å². The Labute approximate surface area is 212 Å². The third-order valence-electron chi connectivity index (χ3n) is 6.39. The van der Waals surface area contributed by atoms with E-state index in [4.69, 9.17) is 27.8 Å². The normalized spacial score (nSPS) is 20.1. The smallest absolute Gasteiger partial charge is 0.410 e. The number of halogens is 1. The van der Waals surface area contributed by atoms with E-state index in [0.717, 1.165) is 38.9 Å². The number of likely N-dealkylation sites (tertiary alicyclic amines) is 1. The van der Waals surface area contributed by atoms with Crippen LogP contribution < -0.4 is 21.7 Å². The van der Waals surface area contributed by atoms with Crippen molar-refractivity contribution < 1.29 is 14.3 Å². The van der Waals surface area contributed by atoms with E-state index in [1.54, 1.807) is 0 Å². The van der Waals surface area contributed by atoms with Gasteiger partial charge in [0.15, 0.2) is 22.5 Å². The van der Waals surface area contributed by atoms with Crippen LogP contribution in [0, 0.1) is 0 Å². The van der Waals surface area contributed by atoms with Crippen molar-refractivity contribution in [3.05, 3.63) is 10.8 Å². The maximum Gasteiger partial charge on any atom is 0.410 e. The van der Waals surface area contributed by atoms with Gasteiger partial charge in [-0.15, -0.1) is 0 Å². The van der Waals surface area contributed by atoms with E-state index in [2.05, 4.69) is 32.0 Å². The summed E-state index contributed by atoms with van der Waals surface area (Å²) in [6.07, 6.45) is 2.55. The number of carbonyl (C=O) groups excluding carboxylic acids is 2. The number of nitrogens with two attached hydrogens (primary N) is 2. The van der Waals surface area contributed by atoms with Gasteiger partial charge >= 0.3 is 6.09 Å². The number of amides is 2. The van der Waals surface area contributed by atoms with Gasteiger partial charge in [0.25, 0.3) is 5.91 Å². The van der Waals surface area contributed by atoms with Crippen molar-refractivity contribution in [2.75, 3.05) is 56.4 Å². The number of nitrogens with one attached hydrogen (secondary N) is 1. The van der Waals surface area contributed by atoms with E-state index in [0.29, 0.717) is 44.1 Å². The number of piperidine rings is 1. The molecule has 3 heterocycles. The van der Waals surface area contributed by atoms with E-state index in [1.165, 1.54) is 0 Å². The van der Waals surface area contributed by atoms with Gasteiger partial charge < -0.3 is 31.3 Å². The first kappa shape index (κ1) is 27.2. The third-order valence-corrected chi connectivity index (χ3v) is 6.65. The Morgan fingerprint density at radius 3 is 2.46 bits per heavy atom. The monoisotopic (exact) mass is 510 g/mol. The van der Waals surface area contributed by atoms with Crippen molar-refractivity contribution in [1.82, 2.24) is 25.1 Å². The van der Waals surface area contributed by atoms with Crippen LogP contribution in [-0.4, -0.2) is 95.3 Å². The standard InChI is InChI=1S/C23H39ClN8O3/c1-5-15-14-31(20-18(24)28-17(19(26)29-20)21(33)27-9-8-25)12-13-32(15)16-6-10-30(11-7-16)22(34)35-23(2,3)4/h15-16H,5-14,25H2,1-4H3,(H2,26,29)(H,27,33). The largest absolute Gasteiger partial charge is 0.444 e. The van der Waals surface area contributed by atoms with Gasteiger partial charge in [-0.1, -0.05) is 18.5 Å². The van der Waals surface area contributed by atoms with Crippen LogP contribution in [0.5, 0.6) is 0 Å². The molecular formula is C23H39ClN8O3. The van der Waals surface area contributed by atoms with Gasteiger partial charge in [-0.05, 0) is 40.0 Å². The van der Waals surface area contributed by atoms with Crippen molar-refractivity contribution in [1.29, 1.82) is 0 Å². The number of hydrogen-bond donors (Lipinski definition) is 3. The number of nitrogen functional groups attached to an aromatic ring is 1. The second-order valence-electron chi connectivity index (χ2n) is 10.1. The molecule has 3 rings (SSSR count). The molecule has 2 fully saturated rings. The molecule has 35 heavy (non-hydrogen) atoms. The fourth-order valence-electron chi connectivity index (χ4n) is 4.67. The van der Waals surface area contributed by atoms with Crippen LogP contribution in [-0.2, 0) is 4.74 Å². The minimum absolute atomic E-state index is 0.00891. The average Bonchev–Trinajstić information content (AvgIpc) is 2.82. The molecule has 0 aromatic carbocycles. The lowest BCUT2D eigenvalue weighted by Gasteiger charge is -2.47. The topological polar surface area (TPSA) is 143 Å². The first-order valence-electron chi connectivity index (χ1n) is 12.3. The van der Waals surface area contributed by atoms with E-state index in [9.17, 15) is 9.59 Å². The molecule has 2 aliphatic rings. The Morgan fingerprint density at radius 1 is 1.17 bits per heavy atom. The number of piperazine rings is 1. The quantitative estimate of drug-likeness (QED) is 0.520. The van der Waals surface area contributed by atoms with E-state index in [-0.39, 0.29) is 22.8 Å². The number of rotatable bonds is 6. The van der Waals surface area contributed by atoms with Gasteiger partial charge in [-0.2, -0.15) is 0 Å². The maximum atomic E-state index is 12.4. The Hall–Kier alpha value is -2.37. The predicted octanol–water partition coefficient (Wildman–Crippen LogP) is 1.70. The number of nitrogens with zero attached hydrogens (tertiary/aromatic N) is 5. The molecule has 11 nitrogen and oxygen atoms in total. The second-order valence-corrected chi connectivity index (χ2v) is 10.4. The zero-order valence-electron chi connectivity index (χ0n) is 21.2. The molecule has 0 aliphatic carbocycles. The molecule has 0 bridgehead atoms. The van der Waals surface area contributed by atoms with Gasteiger partial charge in [-0.3, -0.25) is 9.69 Å². The summed E-state index contributed by atoms with van der Waals surface area (Å²) in [5.74, 6) is 0.101. The summed E-state index contributed by atoms with van der Waals surface area (Å²) < 4.78 is 5.53. The molecule has 1 aromatic rings. The minimum atomic E-state index is -0.488. The molecule has 0 saturated carbocycles. The number of ether oxygens (including phenoxy) is 1. The van der Waals surface area contributed by atoms with Crippen LogP contribution >= 0.6 is 11.6 Å². The lowest BCUT2D eigenvalue weighted by molar-refractivity contribution is 0.00943. The molecule has 2 aliphatic heterocycles. The number of carbonyl (C=O) groups is 2. The van der Waals surface area contributed by atoms with Crippen molar-refractivity contribution in [3.8, 4) is 0 Å². The predicted molar refractivity (Wildman–Crippen MR) is 137 cm³/mol. The van der Waals surface area contributed by atoms with E-state index < -0.39 is 11.5 Å². The summed E-state index contributed by atoms with van der Waals surface area (Å²) in [7, 11) is 0. The lowest BCUT2D eigenvalue weighted by Crippen LogP contribution is -2.59. The second kappa shape index (κ2) is 11.6. The Balaban J connectivity index is 1.62. The minimum Gasteiger partial charge on any atom is -0.444 e. The lowest BCUT2D eigenvalue weighted by atomic mass is 9.98. The van der Waals surface area contributed by atoms with Crippen LogP contribution in [0.2, 0.25) is 5.15 Å². The Morgan fingerprint density at radius 2 is 1.86 bits per heavy atom. The van der Waals surface area contributed by atoms with Crippen molar-refractivity contribution in [2.24, 2.45) is 5.73 Å². The van der Waals surface area contributed by atoms with Crippen molar-refractivity contribution in [3.63, 3.8) is 0 Å². The molecule has 0 radical (unpaired) electrons. The maximum absolute atomic E-state index is 12.4. The molecule has 5 N–H and O–H groups in total. The first-order chi connectivity index (χ1) is 16.5. The number of anilines is 2. The average molecular weight is 511 g/mol. The third kappa shape index (κ3) is 6.86. The van der Waals surface area contributed by atoms with Crippen LogP contribution in [0.15, 0.2) is 0 Å². The molecule has 1 aromatic heterocycles. The summed E-state index contributed by atoms with van der Waals surface area (Å²) in [6.45, 7) is 12.1. The van der Waals surface area contributed by atoms with Gasteiger partial charge in [0.1, 0.15) is 5.60 Å². The number of hydrogen-bond acceptors (Lipinski definition) is 9. The molecule has 2 saturated heterocycles. The highest BCUT2D eigenvalue weighted by atomic mass is 35.5. The van der Waals surface area contributed by atoms with Crippen molar-refractivity contribution >= 4 is 35.2 Å². The first-order valence-corrected chi connectivity index (χ1v) is 12.7. The molecule has 1 unspecified atom stereocenters. The van der Waals surface area contributed by atoms with Crippen LogP contribution in [0.25, 0.3) is 0 Å². The van der Waals surface area contributed by atoms with Gasteiger partial charge in [0, 0.05) is 57.9 Å². The summed E-state index contributed by atoms with van der Waals surface area (Å²) in [5.41, 5.74) is 11.0. The summed E-state index contributed by atoms with van der Waals surface area (Å²) in [4.78, 5) is 39.8. The molecule has 0 spiro atoms. The van der Waals surface area contributed by atoms with Crippen molar-refractivity contribution in [2.45, 2.75) is 64.6 Å². The Kier molecular flexibility index (Phi) is 9.00. The SMILES string of the molecule is CCC1CN(c2nc(N)c(C(=O)NCCN)nc2Cl)CCN1C1CCN(C(=O)OC(C)(C)C)CC1. The van der Waals surface area contributed by atoms with Crippen LogP contribution in [0.1, 0.15) is 57.4 Å². The zero-order valence-corrected chi connectivity index (χ0v) is 22.0. The zero-order chi connectivity index (χ0) is 25.8. The van der Waals surface area contributed by atoms with Crippen LogP contribution in [0.4, 0.5) is 16.4 Å². The van der Waals surface area contributed by atoms with Gasteiger partial charge in [0.05, 0.1) is 0 Å². The van der Waals surface area contributed by atoms with Crippen LogP contribution in [0.3, 0.4) is 0 Å². The fraction of sp³-hybridized carbons (Fsp3) is 0.739. The number of aromatic nitrogens is 2. The molecule has 2 amide bonds.